The Hall–Kier alpha value is -1.28. The molecule has 0 saturated carbocycles. The highest BCUT2D eigenvalue weighted by Gasteiger charge is 2.04. The van der Waals surface area contributed by atoms with Crippen LogP contribution >= 0.6 is 0 Å². The van der Waals surface area contributed by atoms with Crippen molar-refractivity contribution in [3.8, 4) is 0 Å². The van der Waals surface area contributed by atoms with Crippen molar-refractivity contribution in [3.63, 3.8) is 0 Å². The van der Waals surface area contributed by atoms with Gasteiger partial charge >= 0.3 is 0 Å². The lowest BCUT2D eigenvalue weighted by Gasteiger charge is -2.11. The van der Waals surface area contributed by atoms with Gasteiger partial charge in [0.15, 0.2) is 0 Å². The third kappa shape index (κ3) is 4.17. The lowest BCUT2D eigenvalue weighted by molar-refractivity contribution is 0.185. The van der Waals surface area contributed by atoms with Crippen LogP contribution in [-0.2, 0) is 4.74 Å². The summed E-state index contributed by atoms with van der Waals surface area (Å²) in [5, 5.41) is 0. The second-order valence-corrected chi connectivity index (χ2v) is 3.74. The van der Waals surface area contributed by atoms with Crippen molar-refractivity contribution in [3.05, 3.63) is 41.6 Å². The number of ether oxygens (including phenoxy) is 1. The van der Waals surface area contributed by atoms with Gasteiger partial charge in [-0.25, -0.2) is 0 Å². The molecule has 1 unspecified atom stereocenters. The van der Waals surface area contributed by atoms with Crippen LogP contribution in [0.15, 0.2) is 36.0 Å². The molecule has 0 aromatic heterocycles. The second kappa shape index (κ2) is 6.25. The van der Waals surface area contributed by atoms with E-state index in [1.807, 2.05) is 24.3 Å². The number of methoxy groups -OCH3 is 1. The lowest BCUT2D eigenvalue weighted by Crippen LogP contribution is -2.10. The van der Waals surface area contributed by atoms with Crippen molar-refractivity contribution in [1.29, 1.82) is 0 Å². The third-order valence-corrected chi connectivity index (χ3v) is 2.46. The highest BCUT2D eigenvalue weighted by atomic mass is 16.5. The molecule has 0 aliphatic rings. The van der Waals surface area contributed by atoms with E-state index >= 15 is 0 Å². The van der Waals surface area contributed by atoms with Gasteiger partial charge in [-0.15, -0.1) is 0 Å². The van der Waals surface area contributed by atoms with Crippen LogP contribution < -0.4 is 5.73 Å². The maximum Gasteiger partial charge on any atom is 0.0468 e. The average molecular weight is 205 g/mol. The van der Waals surface area contributed by atoms with Gasteiger partial charge in [-0.3, -0.25) is 0 Å². The van der Waals surface area contributed by atoms with E-state index in [4.69, 9.17) is 10.5 Å². The largest absolute Gasteiger partial charge is 0.402 e. The second-order valence-electron chi connectivity index (χ2n) is 3.74. The molecule has 1 aromatic rings. The van der Waals surface area contributed by atoms with E-state index in [1.165, 1.54) is 0 Å². The van der Waals surface area contributed by atoms with E-state index in [9.17, 15) is 0 Å². The smallest absolute Gasteiger partial charge is 0.0468 e. The summed E-state index contributed by atoms with van der Waals surface area (Å²) in [7, 11) is 1.71. The van der Waals surface area contributed by atoms with Crippen molar-refractivity contribution in [2.75, 3.05) is 13.7 Å². The Bertz CT molecular complexity index is 306. The highest BCUT2D eigenvalue weighted by molar-refractivity contribution is 5.52. The minimum absolute atomic E-state index is 0.366. The van der Waals surface area contributed by atoms with E-state index in [0.29, 0.717) is 5.92 Å². The summed E-state index contributed by atoms with van der Waals surface area (Å²) in [5.74, 6) is 0.366. The molecule has 1 aromatic carbocycles. The topological polar surface area (TPSA) is 35.2 Å². The van der Waals surface area contributed by atoms with Gasteiger partial charge in [0.2, 0.25) is 0 Å². The molecule has 0 amide bonds. The molecule has 82 valence electrons. The molecule has 0 aliphatic heterocycles. The molecule has 0 spiro atoms. The van der Waals surface area contributed by atoms with Gasteiger partial charge in [-0.05, 0) is 24.0 Å². The van der Waals surface area contributed by atoms with Gasteiger partial charge in [0.05, 0.1) is 0 Å². The molecule has 2 heteroatoms. The Morgan fingerprint density at radius 2 is 2.07 bits per heavy atom. The van der Waals surface area contributed by atoms with Gasteiger partial charge in [-0.1, -0.05) is 37.3 Å². The van der Waals surface area contributed by atoms with Crippen LogP contribution in [0.1, 0.15) is 18.9 Å². The Balaban J connectivity index is 2.59. The Morgan fingerprint density at radius 1 is 1.40 bits per heavy atom. The SMILES string of the molecule is COCCC(C)C(N)=Cc1ccccc1. The minimum atomic E-state index is 0.366. The Labute approximate surface area is 91.7 Å². The molecule has 15 heavy (non-hydrogen) atoms. The molecule has 0 saturated heterocycles. The molecule has 2 N–H and O–H groups in total. The van der Waals surface area contributed by atoms with Crippen molar-refractivity contribution in [2.24, 2.45) is 11.7 Å². The zero-order valence-corrected chi connectivity index (χ0v) is 9.44. The van der Waals surface area contributed by atoms with Crippen molar-refractivity contribution < 1.29 is 4.74 Å². The first-order chi connectivity index (χ1) is 7.24. The monoisotopic (exact) mass is 205 g/mol. The Kier molecular flexibility index (Phi) is 4.91. The van der Waals surface area contributed by atoms with Crippen LogP contribution in [0.4, 0.5) is 0 Å². The minimum Gasteiger partial charge on any atom is -0.402 e. The summed E-state index contributed by atoms with van der Waals surface area (Å²) in [6, 6.07) is 10.1. The molecule has 0 bridgehead atoms. The van der Waals surface area contributed by atoms with Gasteiger partial charge in [0.25, 0.3) is 0 Å². The average Bonchev–Trinajstić information content (AvgIpc) is 2.27. The van der Waals surface area contributed by atoms with Crippen molar-refractivity contribution >= 4 is 6.08 Å². The summed E-state index contributed by atoms with van der Waals surface area (Å²) in [4.78, 5) is 0. The number of nitrogens with two attached hydrogens (primary N) is 1. The van der Waals surface area contributed by atoms with Crippen LogP contribution in [0.3, 0.4) is 0 Å². The maximum atomic E-state index is 6.00. The number of allylic oxidation sites excluding steroid dienone is 1. The maximum absolute atomic E-state index is 6.00. The quantitative estimate of drug-likeness (QED) is 0.802. The molecule has 2 nitrogen and oxygen atoms in total. The molecule has 0 radical (unpaired) electrons. The summed E-state index contributed by atoms with van der Waals surface area (Å²) >= 11 is 0. The number of hydrogen-bond acceptors (Lipinski definition) is 2. The standard InChI is InChI=1S/C13H19NO/c1-11(8-9-15-2)13(14)10-12-6-4-3-5-7-12/h3-7,10-11H,8-9,14H2,1-2H3. The molecule has 1 atom stereocenters. The number of benzene rings is 1. The first kappa shape index (κ1) is 11.8. The fourth-order valence-corrected chi connectivity index (χ4v) is 1.35. The van der Waals surface area contributed by atoms with E-state index in [1.54, 1.807) is 7.11 Å². The van der Waals surface area contributed by atoms with E-state index in [0.717, 1.165) is 24.3 Å². The number of hydrogen-bond donors (Lipinski definition) is 1. The summed E-state index contributed by atoms with van der Waals surface area (Å²) in [6.07, 6.45) is 2.99. The first-order valence-electron chi connectivity index (χ1n) is 5.25. The van der Waals surface area contributed by atoms with Crippen LogP contribution in [0, 0.1) is 5.92 Å². The third-order valence-electron chi connectivity index (χ3n) is 2.46. The van der Waals surface area contributed by atoms with Gasteiger partial charge in [0.1, 0.15) is 0 Å². The molecule has 0 heterocycles. The zero-order valence-electron chi connectivity index (χ0n) is 9.44. The predicted molar refractivity (Wildman–Crippen MR) is 64.3 cm³/mol. The van der Waals surface area contributed by atoms with Crippen molar-refractivity contribution in [1.82, 2.24) is 0 Å². The summed E-state index contributed by atoms with van der Waals surface area (Å²) < 4.78 is 5.03. The van der Waals surface area contributed by atoms with Gasteiger partial charge in [-0.2, -0.15) is 0 Å². The Morgan fingerprint density at radius 3 is 2.67 bits per heavy atom. The number of rotatable bonds is 5. The van der Waals surface area contributed by atoms with Crippen LogP contribution in [0.25, 0.3) is 6.08 Å². The lowest BCUT2D eigenvalue weighted by atomic mass is 10.0. The van der Waals surface area contributed by atoms with Crippen LogP contribution in [0.5, 0.6) is 0 Å². The summed E-state index contributed by atoms with van der Waals surface area (Å²) in [5.41, 5.74) is 8.06. The first-order valence-corrected chi connectivity index (χ1v) is 5.25. The van der Waals surface area contributed by atoms with Gasteiger partial charge in [0, 0.05) is 19.4 Å². The molecule has 0 fully saturated rings. The van der Waals surface area contributed by atoms with Crippen molar-refractivity contribution in [2.45, 2.75) is 13.3 Å². The summed E-state index contributed by atoms with van der Waals surface area (Å²) in [6.45, 7) is 2.87. The van der Waals surface area contributed by atoms with E-state index in [-0.39, 0.29) is 0 Å². The van der Waals surface area contributed by atoms with E-state index < -0.39 is 0 Å². The van der Waals surface area contributed by atoms with E-state index in [2.05, 4.69) is 19.1 Å². The molecular weight excluding hydrogens is 186 g/mol. The molecule has 0 aliphatic carbocycles. The molecule has 1 rings (SSSR count). The van der Waals surface area contributed by atoms with Crippen LogP contribution in [0.2, 0.25) is 0 Å². The normalized spacial score (nSPS) is 13.9. The molecular formula is C13H19NO. The fourth-order valence-electron chi connectivity index (χ4n) is 1.35. The van der Waals surface area contributed by atoms with Gasteiger partial charge < -0.3 is 10.5 Å². The highest BCUT2D eigenvalue weighted by Crippen LogP contribution is 2.13. The van der Waals surface area contributed by atoms with Crippen LogP contribution in [-0.4, -0.2) is 13.7 Å². The zero-order chi connectivity index (χ0) is 11.1. The fraction of sp³-hybridized carbons (Fsp3) is 0.385. The predicted octanol–water partition coefficient (Wildman–Crippen LogP) is 2.66.